The first-order valence-electron chi connectivity index (χ1n) is 39.3. The van der Waals surface area contributed by atoms with Crippen molar-refractivity contribution < 1.29 is 134 Å². The molecule has 0 aromatic carbocycles. The van der Waals surface area contributed by atoms with Crippen LogP contribution in [-0.4, -0.2) is 287 Å². The van der Waals surface area contributed by atoms with Gasteiger partial charge in [0, 0.05) is 13.3 Å². The second kappa shape index (κ2) is 51.2. The van der Waals surface area contributed by atoms with Crippen molar-refractivity contribution in [3.05, 3.63) is 12.2 Å². The largest absolute Gasteiger partial charge is 0.394 e. The Bertz CT molecular complexity index is 2240. The van der Waals surface area contributed by atoms with Gasteiger partial charge in [0.1, 0.15) is 116 Å². The van der Waals surface area contributed by atoms with Crippen molar-refractivity contribution in [2.45, 2.75) is 412 Å². The van der Waals surface area contributed by atoms with E-state index in [2.05, 4.69) is 24.5 Å². The fraction of sp³-hybridized carbons (Fsp3) is 0.946. The molecule has 0 spiro atoms. The molecule has 103 heavy (non-hydrogen) atoms. The summed E-state index contributed by atoms with van der Waals surface area (Å²) in [6, 6.07) is -2.80. The van der Waals surface area contributed by atoms with Crippen LogP contribution >= 0.6 is 0 Å². The van der Waals surface area contributed by atoms with E-state index in [9.17, 15) is 86.2 Å². The summed E-state index contributed by atoms with van der Waals surface area (Å²) in [5.74, 6) is -1.14. The Morgan fingerprint density at radius 1 is 0.398 bits per heavy atom. The number of carbonyl (C=O) groups excluding carboxylic acids is 2. The second-order valence-electron chi connectivity index (χ2n) is 29.2. The maximum absolute atomic E-state index is 13.5. The molecule has 0 radical (unpaired) electrons. The summed E-state index contributed by atoms with van der Waals surface area (Å²) in [4.78, 5) is 26.3. The van der Waals surface area contributed by atoms with E-state index >= 15 is 0 Å². The lowest BCUT2D eigenvalue weighted by Gasteiger charge is -2.50. The van der Waals surface area contributed by atoms with Gasteiger partial charge in [-0.2, -0.15) is 0 Å². The molecule has 27 atom stereocenters. The first kappa shape index (κ1) is 91.3. The molecule has 0 aromatic rings. The van der Waals surface area contributed by atoms with E-state index < -0.39 is 205 Å². The minimum atomic E-state index is -2.14. The number of amides is 2. The Kier molecular flexibility index (Phi) is 45.4. The van der Waals surface area contributed by atoms with Gasteiger partial charge in [-0.25, -0.2) is 0 Å². The molecule has 5 fully saturated rings. The van der Waals surface area contributed by atoms with E-state index in [0.717, 1.165) is 51.9 Å². The monoisotopic (exact) mass is 1480 g/mol. The van der Waals surface area contributed by atoms with Gasteiger partial charge in [0.05, 0.1) is 51.3 Å². The Morgan fingerprint density at radius 2 is 0.786 bits per heavy atom. The fourth-order valence-corrected chi connectivity index (χ4v) is 14.2. The predicted molar refractivity (Wildman–Crippen MR) is 376 cm³/mol. The Labute approximate surface area is 610 Å². The van der Waals surface area contributed by atoms with Gasteiger partial charge in [0.2, 0.25) is 11.8 Å². The number of ether oxygens (including phenoxy) is 10. The predicted octanol–water partition coefficient (Wildman–Crippen LogP) is 2.98. The first-order valence-corrected chi connectivity index (χ1v) is 39.3. The smallest absolute Gasteiger partial charge is 0.220 e. The van der Waals surface area contributed by atoms with Gasteiger partial charge in [-0.05, 0) is 26.2 Å². The molecular formula is C74H136N2O27. The molecule has 5 saturated heterocycles. The highest BCUT2D eigenvalue weighted by Crippen LogP contribution is 2.37. The van der Waals surface area contributed by atoms with Gasteiger partial charge in [-0.3, -0.25) is 9.59 Å². The molecule has 17 N–H and O–H groups in total. The number of allylic oxidation sites excluding steroid dienone is 1. The number of carbonyl (C=O) groups is 2. The molecular weight excluding hydrogens is 1350 g/mol. The number of aliphatic hydroxyl groups excluding tert-OH is 15. The summed E-state index contributed by atoms with van der Waals surface area (Å²) in [6.07, 6.45) is -1.54. The molecule has 29 nitrogen and oxygen atoms in total. The summed E-state index contributed by atoms with van der Waals surface area (Å²) in [5, 5.41) is 171. The molecule has 5 heterocycles. The maximum atomic E-state index is 13.5. The highest BCUT2D eigenvalue weighted by atomic mass is 16.8. The summed E-state index contributed by atoms with van der Waals surface area (Å²) >= 11 is 0. The highest BCUT2D eigenvalue weighted by Gasteiger charge is 2.57. The Balaban J connectivity index is 1.17. The molecule has 604 valence electrons. The standard InChI is InChI=1S/C74H136N2O27/c1-5-7-9-11-13-15-17-19-20-21-22-23-24-25-26-28-30-32-34-36-38-40-54(83)76-48(49(82)39-37-35-33-31-29-27-18-16-14-12-10-8-6-2)45-94-71-64(92)62(90)67(53(44-80)99-71)100-73-65(93)68(58(86)51(42-78)96-73)102-70-55(75-47(4)81)59(87)66(52(43-79)98-70)101-74-69(61(89)57(85)50(41-77)97-74)103-72-63(91)60(88)56(84)46(3)95-72/h37,39,46,48-53,55-74,77-80,82,84-93H,5-36,38,40-45H2,1-4H3,(H,75,81)(H,76,83)/b39-37+/t46?,48-,49+,50?,51?,52?,53?,55?,56+,57-,58-,59+,60?,61-,62+,63-,64?,65?,66+,67+,68-,69?,70-,71+,72+,73-,74-/m0/s1. The van der Waals surface area contributed by atoms with Crippen LogP contribution in [0.4, 0.5) is 0 Å². The lowest BCUT2D eigenvalue weighted by Crippen LogP contribution is -2.70. The van der Waals surface area contributed by atoms with Crippen molar-refractivity contribution in [1.82, 2.24) is 10.6 Å². The molecule has 0 aliphatic carbocycles. The van der Waals surface area contributed by atoms with Crippen LogP contribution in [0.5, 0.6) is 0 Å². The van der Waals surface area contributed by atoms with Crippen LogP contribution in [0, 0.1) is 0 Å². The SMILES string of the molecule is CCCCCCCCCCCCC/C=C/[C@@H](O)[C@H](CO[C@@H]1OC(CO)[C@@H](O[C@@H]2OC(CO)[C@H](O)[C@H](O[C@@H]3OC(CO)[C@@H](O[C@@H]4OC(CO)[C@H](O)[C@H](O)C4O[C@H]4OC(C)[C@@H](O)C(O)[C@@H]4O)[C@H](O)C3NC(C)=O)C2O)[C@H](O)C1O)NC(=O)CCCCCCCCCCCCCCCCCCCCCCC. The van der Waals surface area contributed by atoms with Crippen LogP contribution in [0.25, 0.3) is 0 Å². The topological polar surface area (TPSA) is 454 Å². The van der Waals surface area contributed by atoms with Crippen LogP contribution in [0.3, 0.4) is 0 Å². The van der Waals surface area contributed by atoms with Gasteiger partial charge < -0.3 is 135 Å². The summed E-state index contributed by atoms with van der Waals surface area (Å²) in [7, 11) is 0. The molecule has 5 rings (SSSR count). The third-order valence-electron chi connectivity index (χ3n) is 20.7. The number of hydrogen-bond acceptors (Lipinski definition) is 27. The number of aliphatic hydroxyl groups is 15. The van der Waals surface area contributed by atoms with Gasteiger partial charge in [-0.1, -0.05) is 219 Å². The summed E-state index contributed by atoms with van der Waals surface area (Å²) in [6.45, 7) is 2.66. The Morgan fingerprint density at radius 3 is 1.28 bits per heavy atom. The van der Waals surface area contributed by atoms with Crippen molar-refractivity contribution in [2.75, 3.05) is 33.0 Å². The minimum Gasteiger partial charge on any atom is -0.394 e. The zero-order chi connectivity index (χ0) is 75.2. The normalized spacial score (nSPS) is 35.0. The zero-order valence-corrected chi connectivity index (χ0v) is 61.9. The van der Waals surface area contributed by atoms with Crippen LogP contribution in [0.1, 0.15) is 246 Å². The van der Waals surface area contributed by atoms with E-state index in [0.29, 0.717) is 12.8 Å². The fourth-order valence-electron chi connectivity index (χ4n) is 14.2. The molecule has 29 heteroatoms. The molecule has 0 saturated carbocycles. The minimum absolute atomic E-state index is 0.197. The van der Waals surface area contributed by atoms with Crippen molar-refractivity contribution in [1.29, 1.82) is 0 Å². The lowest BCUT2D eigenvalue weighted by molar-refractivity contribution is -0.391. The van der Waals surface area contributed by atoms with E-state index in [1.165, 1.54) is 161 Å². The van der Waals surface area contributed by atoms with Crippen molar-refractivity contribution in [2.24, 2.45) is 0 Å². The number of hydrogen-bond donors (Lipinski definition) is 17. The second-order valence-corrected chi connectivity index (χ2v) is 29.2. The third kappa shape index (κ3) is 30.5. The molecule has 5 aliphatic heterocycles. The Hall–Kier alpha value is -2.32. The molecule has 5 aliphatic rings. The quantitative estimate of drug-likeness (QED) is 0.0307. The number of rotatable bonds is 53. The third-order valence-corrected chi connectivity index (χ3v) is 20.7. The van der Waals surface area contributed by atoms with Gasteiger partial charge in [-0.15, -0.1) is 0 Å². The van der Waals surface area contributed by atoms with Gasteiger partial charge in [0.15, 0.2) is 31.5 Å². The van der Waals surface area contributed by atoms with Crippen LogP contribution in [0.15, 0.2) is 12.2 Å². The average Bonchev–Trinajstić information content (AvgIpc) is 0.796. The van der Waals surface area contributed by atoms with Crippen molar-refractivity contribution >= 4 is 11.8 Å². The maximum Gasteiger partial charge on any atom is 0.220 e. The summed E-state index contributed by atoms with van der Waals surface area (Å²) in [5.41, 5.74) is 0. The van der Waals surface area contributed by atoms with E-state index in [-0.39, 0.29) is 12.3 Å². The van der Waals surface area contributed by atoms with Crippen molar-refractivity contribution in [3.8, 4) is 0 Å². The number of nitrogens with one attached hydrogen (secondary N) is 2. The van der Waals surface area contributed by atoms with Gasteiger partial charge >= 0.3 is 0 Å². The molecule has 0 bridgehead atoms. The lowest BCUT2D eigenvalue weighted by atomic mass is 9.94. The van der Waals surface area contributed by atoms with Crippen molar-refractivity contribution in [3.63, 3.8) is 0 Å². The average molecular weight is 1490 g/mol. The van der Waals surface area contributed by atoms with Crippen LogP contribution in [-0.2, 0) is 57.0 Å². The molecule has 10 unspecified atom stereocenters. The molecule has 2 amide bonds. The molecule has 0 aromatic heterocycles. The van der Waals surface area contributed by atoms with Gasteiger partial charge in [0.25, 0.3) is 0 Å². The van der Waals surface area contributed by atoms with E-state index in [1.807, 2.05) is 6.08 Å². The first-order chi connectivity index (χ1) is 49.7. The van der Waals surface area contributed by atoms with E-state index in [4.69, 9.17) is 47.4 Å². The number of unbranched alkanes of at least 4 members (excludes halogenated alkanes) is 31. The summed E-state index contributed by atoms with van der Waals surface area (Å²) < 4.78 is 59.0. The zero-order valence-electron chi connectivity index (χ0n) is 61.9. The van der Waals surface area contributed by atoms with Crippen LogP contribution < -0.4 is 10.6 Å². The van der Waals surface area contributed by atoms with E-state index in [1.54, 1.807) is 6.08 Å². The highest BCUT2D eigenvalue weighted by molar-refractivity contribution is 5.76. The van der Waals surface area contributed by atoms with Crippen LogP contribution in [0.2, 0.25) is 0 Å².